The number of cyclic esters (lactones) is 1. The highest BCUT2D eigenvalue weighted by Gasteiger charge is 2.47. The average molecular weight is 1310 g/mol. The lowest BCUT2D eigenvalue weighted by molar-refractivity contribution is -0.172. The van der Waals surface area contributed by atoms with Gasteiger partial charge in [-0.1, -0.05) is 37.3 Å². The van der Waals surface area contributed by atoms with Crippen LogP contribution in [0.4, 0.5) is 4.39 Å². The van der Waals surface area contributed by atoms with Crippen molar-refractivity contribution < 1.29 is 96.6 Å². The van der Waals surface area contributed by atoms with Crippen LogP contribution in [0.5, 0.6) is 0 Å². The molecule has 1 saturated heterocycles. The summed E-state index contributed by atoms with van der Waals surface area (Å²) in [6.45, 7) is -1.90. The van der Waals surface area contributed by atoms with Crippen molar-refractivity contribution in [2.24, 2.45) is 0 Å². The lowest BCUT2D eigenvalue weighted by Gasteiger charge is -2.31. The number of rotatable bonds is 28. The van der Waals surface area contributed by atoms with E-state index in [9.17, 15) is 82.8 Å². The molecule has 0 bridgehead atoms. The number of fused-ring (bicyclic) bond motifs is 5. The van der Waals surface area contributed by atoms with E-state index in [2.05, 4.69) is 47.9 Å². The van der Waals surface area contributed by atoms with Gasteiger partial charge in [-0.25, -0.2) is 14.2 Å². The summed E-state index contributed by atoms with van der Waals surface area (Å²) in [5.41, 5.74) is 1.38. The number of aromatic nitrogens is 2. The molecule has 0 spiro atoms. The first-order valence-corrected chi connectivity index (χ1v) is 30.0. The molecular formula is C61H69FN12O20. The first kappa shape index (κ1) is 68.4. The van der Waals surface area contributed by atoms with E-state index in [1.54, 1.807) is 44.2 Å². The van der Waals surface area contributed by atoms with E-state index in [-0.39, 0.29) is 49.2 Å². The van der Waals surface area contributed by atoms with Gasteiger partial charge < -0.3 is 87.1 Å². The number of aliphatic hydroxyl groups is 4. The standard InChI is InChI=1S/C61H69FN12O20/c1-3-61(91)34-18-40-53-32(23-73(40)59(89)33(34)26-93-60(61)90)52-36(10-9-31-29(2)35(62)19-38(71-53)51(31)52)68-48(82)27-92-28-67-45(79)21-66-57(88)39(17-30-7-5-4-6-8-30)70-46(80)22-64-44(78)20-65-56(87)37(11-12-42(76)72-58-55(86)54(85)41(25-75)94-58)69-43(77)15-16-63-47(81)24-74-49(83)13-14-50(74)84/h4-8,13-14,18-19,36-37,39,41,54-55,58,75,85-86,91H,3,9-12,15-17,20-28H2,1-2H3,(H,63,81)(H,64,78)(H,65,87)(H,66,88)(H,67,79)(H,68,82)(H,69,77)(H,70,80)(H,72,76)/t36-,37-,39-,41+,54+,55+,58?,61-/m0/s1. The Morgan fingerprint density at radius 1 is 0.777 bits per heavy atom. The zero-order chi connectivity index (χ0) is 67.7. The Morgan fingerprint density at radius 2 is 1.46 bits per heavy atom. The molecule has 5 aliphatic rings. The number of ether oxygens (including phenoxy) is 3. The second kappa shape index (κ2) is 29.8. The fourth-order valence-electron chi connectivity index (χ4n) is 11.6. The molecule has 1 aliphatic carbocycles. The monoisotopic (exact) mass is 1310 g/mol. The Hall–Kier alpha value is -9.93. The predicted molar refractivity (Wildman–Crippen MR) is 319 cm³/mol. The van der Waals surface area contributed by atoms with E-state index >= 15 is 4.39 Å². The molecule has 11 amide bonds. The van der Waals surface area contributed by atoms with Crippen LogP contribution in [-0.2, 0) is 103 Å². The molecule has 6 heterocycles. The number of nitrogens with one attached hydrogen (secondary N) is 9. The summed E-state index contributed by atoms with van der Waals surface area (Å²) in [5, 5.41) is 63.6. The van der Waals surface area contributed by atoms with Crippen LogP contribution in [0, 0.1) is 12.7 Å². The number of aliphatic hydroxyl groups excluding tert-OH is 3. The van der Waals surface area contributed by atoms with Crippen LogP contribution >= 0.6 is 0 Å². The maximum atomic E-state index is 15.4. The number of amides is 11. The molecule has 0 radical (unpaired) electrons. The molecule has 1 fully saturated rings. The topological polar surface area (TPSA) is 460 Å². The fourth-order valence-corrected chi connectivity index (χ4v) is 11.6. The lowest BCUT2D eigenvalue weighted by Crippen LogP contribution is -2.53. The van der Waals surface area contributed by atoms with Crippen molar-refractivity contribution in [1.29, 1.82) is 0 Å². The van der Waals surface area contributed by atoms with Crippen LogP contribution in [0.1, 0.15) is 84.0 Å². The largest absolute Gasteiger partial charge is 0.458 e. The minimum absolute atomic E-state index is 0.0133. The number of nitrogens with zero attached hydrogens (tertiary/aromatic N) is 3. The Morgan fingerprint density at radius 3 is 2.15 bits per heavy atom. The second-order valence-electron chi connectivity index (χ2n) is 22.8. The summed E-state index contributed by atoms with van der Waals surface area (Å²) >= 11 is 0. The van der Waals surface area contributed by atoms with Gasteiger partial charge in [-0.15, -0.1) is 0 Å². The third-order valence-electron chi connectivity index (χ3n) is 16.6. The van der Waals surface area contributed by atoms with E-state index in [1.165, 1.54) is 16.7 Å². The van der Waals surface area contributed by atoms with Gasteiger partial charge in [0.2, 0.25) is 53.2 Å². The van der Waals surface area contributed by atoms with E-state index in [0.717, 1.165) is 12.2 Å². The van der Waals surface area contributed by atoms with Gasteiger partial charge in [-0.05, 0) is 60.9 Å². The van der Waals surface area contributed by atoms with Gasteiger partial charge in [0.1, 0.15) is 62.7 Å². The summed E-state index contributed by atoms with van der Waals surface area (Å²) in [6.07, 6.45) is -4.69. The highest BCUT2D eigenvalue weighted by atomic mass is 19.1. The molecule has 500 valence electrons. The van der Waals surface area contributed by atoms with Crippen LogP contribution in [0.2, 0.25) is 0 Å². The molecule has 0 saturated carbocycles. The van der Waals surface area contributed by atoms with E-state index in [0.29, 0.717) is 62.3 Å². The van der Waals surface area contributed by atoms with Gasteiger partial charge >= 0.3 is 5.97 Å². The Kier molecular flexibility index (Phi) is 21.7. The molecule has 1 unspecified atom stereocenters. The number of imide groups is 1. The van der Waals surface area contributed by atoms with Crippen molar-refractivity contribution in [3.8, 4) is 11.4 Å². The molecule has 8 atom stereocenters. The number of benzene rings is 2. The van der Waals surface area contributed by atoms with Crippen molar-refractivity contribution >= 4 is 81.9 Å². The molecule has 9 rings (SSSR count). The number of pyridine rings is 2. The van der Waals surface area contributed by atoms with Crippen LogP contribution < -0.4 is 53.4 Å². The van der Waals surface area contributed by atoms with Crippen LogP contribution in [0.15, 0.2) is 59.4 Å². The lowest BCUT2D eigenvalue weighted by atomic mass is 9.81. The van der Waals surface area contributed by atoms with Crippen molar-refractivity contribution in [3.63, 3.8) is 0 Å². The molecule has 33 heteroatoms. The fraction of sp³-hybridized carbons (Fsp3) is 0.443. The van der Waals surface area contributed by atoms with Gasteiger partial charge in [0, 0.05) is 60.5 Å². The molecule has 4 aromatic rings. The van der Waals surface area contributed by atoms with E-state index in [1.807, 2.05) is 0 Å². The van der Waals surface area contributed by atoms with Gasteiger partial charge in [0.15, 0.2) is 11.8 Å². The van der Waals surface area contributed by atoms with E-state index in [4.69, 9.17) is 19.2 Å². The number of hydrogen-bond donors (Lipinski definition) is 13. The number of hydrogen-bond acceptors (Lipinski definition) is 21. The smallest absolute Gasteiger partial charge is 0.343 e. The molecule has 13 N–H and O–H groups in total. The normalized spacial score (nSPS) is 20.4. The van der Waals surface area contributed by atoms with Gasteiger partial charge in [0.05, 0.1) is 61.3 Å². The van der Waals surface area contributed by atoms with Crippen LogP contribution in [-0.4, -0.2) is 195 Å². The van der Waals surface area contributed by atoms with Crippen molar-refractivity contribution in [3.05, 3.63) is 110 Å². The number of carbonyl (C=O) groups excluding carboxylic acids is 12. The minimum Gasteiger partial charge on any atom is -0.458 e. The summed E-state index contributed by atoms with van der Waals surface area (Å²) in [7, 11) is 0. The van der Waals surface area contributed by atoms with Crippen molar-refractivity contribution in [1.82, 2.24) is 62.3 Å². The first-order chi connectivity index (χ1) is 44.9. The molecular weight excluding hydrogens is 1240 g/mol. The highest BCUT2D eigenvalue weighted by molar-refractivity contribution is 6.14. The maximum absolute atomic E-state index is 15.4. The van der Waals surface area contributed by atoms with E-state index < -0.39 is 196 Å². The second-order valence-corrected chi connectivity index (χ2v) is 22.8. The summed E-state index contributed by atoms with van der Waals surface area (Å²) in [6, 6.07) is 7.75. The van der Waals surface area contributed by atoms with Gasteiger partial charge in [-0.2, -0.15) is 0 Å². The number of esters is 1. The summed E-state index contributed by atoms with van der Waals surface area (Å²) in [4.78, 5) is 174. The molecule has 94 heavy (non-hydrogen) atoms. The predicted octanol–water partition coefficient (Wildman–Crippen LogP) is -4.95. The minimum atomic E-state index is -2.09. The quantitative estimate of drug-likeness (QED) is 0.00966. The van der Waals surface area contributed by atoms with Crippen molar-refractivity contribution in [2.45, 2.75) is 120 Å². The maximum Gasteiger partial charge on any atom is 0.343 e. The number of aryl methyl sites for hydroxylation is 1. The Bertz CT molecular complexity index is 3810. The Balaban J connectivity index is 0.744. The molecule has 32 nitrogen and oxygen atoms in total. The van der Waals surface area contributed by atoms with Crippen molar-refractivity contribution in [2.75, 3.05) is 52.7 Å². The zero-order valence-corrected chi connectivity index (χ0v) is 50.8. The summed E-state index contributed by atoms with van der Waals surface area (Å²) < 4.78 is 32.8. The van der Waals surface area contributed by atoms with Gasteiger partial charge in [-0.3, -0.25) is 62.4 Å². The number of halogens is 1. The zero-order valence-electron chi connectivity index (χ0n) is 50.8. The first-order valence-electron chi connectivity index (χ1n) is 30.0. The average Bonchev–Trinajstić information content (AvgIpc) is 1.46. The number of carbonyl (C=O) groups is 12. The molecule has 4 aliphatic heterocycles. The highest BCUT2D eigenvalue weighted by Crippen LogP contribution is 2.46. The SMILES string of the molecule is CC[C@@]1(O)C(=O)OCc2c1cc1n(c2=O)Cc2c-1nc1cc(F)c(C)c3c1c2[C@@H](NC(=O)COCNC(=O)CNC(=O)[C@H](Cc1ccccc1)NC(=O)CNC(=O)CNC(=O)[C@H](CCC(=O)NC1O[C@H](CO)[C@@H](O)[C@H]1O)NC(=O)CCNC(=O)CN1C(=O)C=CC1=O)CC3. The summed E-state index contributed by atoms with van der Waals surface area (Å²) in [5.74, 6) is -10.2. The van der Waals surface area contributed by atoms with Crippen LogP contribution in [0.25, 0.3) is 22.3 Å². The molecule has 2 aromatic carbocycles. The third-order valence-corrected chi connectivity index (χ3v) is 16.6. The van der Waals surface area contributed by atoms with Crippen LogP contribution in [0.3, 0.4) is 0 Å². The van der Waals surface area contributed by atoms with Gasteiger partial charge in [0.25, 0.3) is 17.4 Å². The Labute approximate surface area is 533 Å². The molecule has 2 aromatic heterocycles. The third kappa shape index (κ3) is 15.4.